The van der Waals surface area contributed by atoms with Crippen molar-refractivity contribution in [2.24, 2.45) is 5.92 Å². The number of carbonyl (C=O) groups excluding carboxylic acids is 1. The minimum Gasteiger partial charge on any atom is -0.494 e. The molecule has 2 aliphatic rings. The first-order valence-electron chi connectivity index (χ1n) is 8.90. The van der Waals surface area contributed by atoms with E-state index in [0.717, 1.165) is 45.0 Å². The molecule has 3 rings (SSSR count). The third-order valence-electron chi connectivity index (χ3n) is 4.98. The standard InChI is InChI=1S/C19H28N2O2/c1-3-23-19-10-17-6-4-5-16(17)9-18(19)13-21-8-7-15(12-21)11-20-14(2)22/h9-10,15H,3-8,11-13H2,1-2H3,(H,20,22). The lowest BCUT2D eigenvalue weighted by molar-refractivity contribution is -0.119. The van der Waals surface area contributed by atoms with Crippen LogP contribution in [0.1, 0.15) is 43.4 Å². The Balaban J connectivity index is 1.64. The normalized spacial score (nSPS) is 20.5. The molecular weight excluding hydrogens is 288 g/mol. The Morgan fingerprint density at radius 2 is 2.13 bits per heavy atom. The van der Waals surface area contributed by atoms with Crippen LogP contribution in [0.4, 0.5) is 0 Å². The molecule has 126 valence electrons. The summed E-state index contributed by atoms with van der Waals surface area (Å²) >= 11 is 0. The molecule has 4 heteroatoms. The Hall–Kier alpha value is -1.55. The van der Waals surface area contributed by atoms with Gasteiger partial charge in [0.25, 0.3) is 0 Å². The van der Waals surface area contributed by atoms with Gasteiger partial charge in [0.05, 0.1) is 6.61 Å². The molecule has 1 unspecified atom stereocenters. The summed E-state index contributed by atoms with van der Waals surface area (Å²) < 4.78 is 5.89. The van der Waals surface area contributed by atoms with E-state index >= 15 is 0 Å². The minimum absolute atomic E-state index is 0.0701. The lowest BCUT2D eigenvalue weighted by atomic mass is 10.0. The SMILES string of the molecule is CCOc1cc2c(cc1CN1CCC(CNC(C)=O)C1)CCC2. The van der Waals surface area contributed by atoms with Crippen LogP contribution in [0.2, 0.25) is 0 Å². The van der Waals surface area contributed by atoms with Crippen LogP contribution in [-0.2, 0) is 24.2 Å². The molecule has 0 bridgehead atoms. The number of hydrogen-bond acceptors (Lipinski definition) is 3. The van der Waals surface area contributed by atoms with Gasteiger partial charge in [0.2, 0.25) is 5.91 Å². The molecule has 1 aromatic rings. The van der Waals surface area contributed by atoms with Gasteiger partial charge in [-0.1, -0.05) is 6.07 Å². The molecule has 1 amide bonds. The number of nitrogens with one attached hydrogen (secondary N) is 1. The van der Waals surface area contributed by atoms with Crippen LogP contribution in [0.25, 0.3) is 0 Å². The molecule has 1 aliphatic carbocycles. The van der Waals surface area contributed by atoms with Crippen molar-refractivity contribution in [2.75, 3.05) is 26.2 Å². The zero-order valence-corrected chi connectivity index (χ0v) is 14.4. The second kappa shape index (κ2) is 7.35. The fourth-order valence-electron chi connectivity index (χ4n) is 3.82. The molecule has 1 saturated heterocycles. The highest BCUT2D eigenvalue weighted by molar-refractivity contribution is 5.72. The van der Waals surface area contributed by atoms with Gasteiger partial charge in [-0.05, 0) is 62.3 Å². The third kappa shape index (κ3) is 4.05. The van der Waals surface area contributed by atoms with Crippen molar-refractivity contribution in [1.29, 1.82) is 0 Å². The van der Waals surface area contributed by atoms with Crippen molar-refractivity contribution in [3.05, 3.63) is 28.8 Å². The fourth-order valence-corrected chi connectivity index (χ4v) is 3.82. The number of amides is 1. The molecule has 1 fully saturated rings. The van der Waals surface area contributed by atoms with Gasteiger partial charge >= 0.3 is 0 Å². The minimum atomic E-state index is 0.0701. The van der Waals surface area contributed by atoms with E-state index in [1.54, 1.807) is 6.92 Å². The van der Waals surface area contributed by atoms with E-state index in [9.17, 15) is 4.79 Å². The highest BCUT2D eigenvalue weighted by Crippen LogP contribution is 2.31. The summed E-state index contributed by atoms with van der Waals surface area (Å²) in [7, 11) is 0. The number of ether oxygens (including phenoxy) is 1. The monoisotopic (exact) mass is 316 g/mol. The van der Waals surface area contributed by atoms with Gasteiger partial charge in [0.1, 0.15) is 5.75 Å². The van der Waals surface area contributed by atoms with Crippen LogP contribution in [0.5, 0.6) is 5.75 Å². The average molecular weight is 316 g/mol. The van der Waals surface area contributed by atoms with E-state index in [-0.39, 0.29) is 5.91 Å². The van der Waals surface area contributed by atoms with Gasteiger partial charge in [0.15, 0.2) is 0 Å². The first kappa shape index (κ1) is 16.3. The van der Waals surface area contributed by atoms with Crippen LogP contribution in [0.3, 0.4) is 0 Å². The van der Waals surface area contributed by atoms with Crippen molar-refractivity contribution in [3.63, 3.8) is 0 Å². The maximum atomic E-state index is 11.1. The second-order valence-electron chi connectivity index (χ2n) is 6.84. The number of nitrogens with zero attached hydrogens (tertiary/aromatic N) is 1. The van der Waals surface area contributed by atoms with Crippen LogP contribution in [-0.4, -0.2) is 37.0 Å². The second-order valence-corrected chi connectivity index (χ2v) is 6.84. The zero-order valence-electron chi connectivity index (χ0n) is 14.4. The van der Waals surface area contributed by atoms with Gasteiger partial charge in [-0.15, -0.1) is 0 Å². The fraction of sp³-hybridized carbons (Fsp3) is 0.632. The first-order chi connectivity index (χ1) is 11.2. The molecule has 4 nitrogen and oxygen atoms in total. The molecule has 0 aromatic heterocycles. The Morgan fingerprint density at radius 1 is 1.35 bits per heavy atom. The Labute approximate surface area is 139 Å². The summed E-state index contributed by atoms with van der Waals surface area (Å²) in [6, 6.07) is 4.64. The molecule has 1 atom stereocenters. The molecule has 0 spiro atoms. The lowest BCUT2D eigenvalue weighted by Crippen LogP contribution is -2.29. The van der Waals surface area contributed by atoms with Gasteiger partial charge in [-0.3, -0.25) is 9.69 Å². The summed E-state index contributed by atoms with van der Waals surface area (Å²) in [6.45, 7) is 8.28. The van der Waals surface area contributed by atoms with E-state index in [4.69, 9.17) is 4.74 Å². The highest BCUT2D eigenvalue weighted by atomic mass is 16.5. The molecule has 0 radical (unpaired) electrons. The van der Waals surface area contributed by atoms with Crippen LogP contribution >= 0.6 is 0 Å². The van der Waals surface area contributed by atoms with E-state index in [0.29, 0.717) is 5.92 Å². The molecule has 1 aliphatic heterocycles. The van der Waals surface area contributed by atoms with Crippen molar-refractivity contribution in [2.45, 2.75) is 46.1 Å². The molecular formula is C19H28N2O2. The third-order valence-corrected chi connectivity index (χ3v) is 4.98. The maximum Gasteiger partial charge on any atom is 0.216 e. The lowest BCUT2D eigenvalue weighted by Gasteiger charge is -2.20. The summed E-state index contributed by atoms with van der Waals surface area (Å²) in [4.78, 5) is 13.5. The molecule has 1 aromatic carbocycles. The number of fused-ring (bicyclic) bond motifs is 1. The van der Waals surface area contributed by atoms with Gasteiger partial charge in [-0.25, -0.2) is 0 Å². The van der Waals surface area contributed by atoms with Crippen LogP contribution in [0, 0.1) is 5.92 Å². The largest absolute Gasteiger partial charge is 0.494 e. The zero-order chi connectivity index (χ0) is 16.2. The molecule has 0 saturated carbocycles. The van der Waals surface area contributed by atoms with Crippen molar-refractivity contribution >= 4 is 5.91 Å². The van der Waals surface area contributed by atoms with E-state index < -0.39 is 0 Å². The number of benzene rings is 1. The van der Waals surface area contributed by atoms with Gasteiger partial charge in [0, 0.05) is 32.1 Å². The number of hydrogen-bond donors (Lipinski definition) is 1. The van der Waals surface area contributed by atoms with Gasteiger partial charge < -0.3 is 10.1 Å². The Morgan fingerprint density at radius 3 is 2.87 bits per heavy atom. The summed E-state index contributed by atoms with van der Waals surface area (Å²) in [6.07, 6.45) is 4.83. The molecule has 1 heterocycles. The Bertz CT molecular complexity index is 571. The van der Waals surface area contributed by atoms with E-state index in [1.165, 1.54) is 36.0 Å². The van der Waals surface area contributed by atoms with E-state index in [1.807, 2.05) is 0 Å². The van der Waals surface area contributed by atoms with Crippen molar-refractivity contribution in [3.8, 4) is 5.75 Å². The number of carbonyl (C=O) groups is 1. The maximum absolute atomic E-state index is 11.1. The predicted octanol–water partition coefficient (Wildman–Crippen LogP) is 2.53. The average Bonchev–Trinajstić information content (AvgIpc) is 3.14. The summed E-state index contributed by atoms with van der Waals surface area (Å²) in [5, 5.41) is 2.95. The number of aryl methyl sites for hydroxylation is 2. The molecule has 23 heavy (non-hydrogen) atoms. The van der Waals surface area contributed by atoms with Crippen LogP contribution in [0.15, 0.2) is 12.1 Å². The van der Waals surface area contributed by atoms with Crippen molar-refractivity contribution in [1.82, 2.24) is 10.2 Å². The first-order valence-corrected chi connectivity index (χ1v) is 8.90. The Kier molecular flexibility index (Phi) is 5.21. The summed E-state index contributed by atoms with van der Waals surface area (Å²) in [5.74, 6) is 1.71. The topological polar surface area (TPSA) is 41.6 Å². The summed E-state index contributed by atoms with van der Waals surface area (Å²) in [5.41, 5.74) is 4.31. The van der Waals surface area contributed by atoms with Crippen molar-refractivity contribution < 1.29 is 9.53 Å². The smallest absolute Gasteiger partial charge is 0.216 e. The number of likely N-dealkylation sites (tertiary alicyclic amines) is 1. The van der Waals surface area contributed by atoms with E-state index in [2.05, 4.69) is 29.3 Å². The quantitative estimate of drug-likeness (QED) is 0.877. The highest BCUT2D eigenvalue weighted by Gasteiger charge is 2.24. The van der Waals surface area contributed by atoms with Crippen LogP contribution < -0.4 is 10.1 Å². The predicted molar refractivity (Wildman–Crippen MR) is 91.7 cm³/mol. The van der Waals surface area contributed by atoms with Gasteiger partial charge in [-0.2, -0.15) is 0 Å². The molecule has 1 N–H and O–H groups in total. The number of rotatable bonds is 6.